The van der Waals surface area contributed by atoms with Gasteiger partial charge < -0.3 is 5.11 Å². The van der Waals surface area contributed by atoms with Gasteiger partial charge in [-0.05, 0) is 11.6 Å². The third-order valence-corrected chi connectivity index (χ3v) is 2.32. The van der Waals surface area contributed by atoms with Crippen LogP contribution in [0.2, 0.25) is 0 Å². The van der Waals surface area contributed by atoms with Crippen LogP contribution in [0.15, 0.2) is 36.7 Å². The molecule has 0 aliphatic heterocycles. The normalized spacial score (nSPS) is 10.1. The lowest BCUT2D eigenvalue weighted by Gasteiger charge is -2.02. The minimum Gasteiger partial charge on any atom is -0.481 e. The van der Waals surface area contributed by atoms with Crippen LogP contribution in [0.1, 0.15) is 5.56 Å². The highest BCUT2D eigenvalue weighted by Gasteiger charge is 2.04. The van der Waals surface area contributed by atoms with E-state index in [0.717, 1.165) is 16.6 Å². The fourth-order valence-electron chi connectivity index (χ4n) is 1.54. The summed E-state index contributed by atoms with van der Waals surface area (Å²) in [4.78, 5) is 19.1. The smallest absolute Gasteiger partial charge is 0.307 e. The van der Waals surface area contributed by atoms with E-state index in [1.807, 2.05) is 20.0 Å². The first-order valence-corrected chi connectivity index (χ1v) is 5.25. The van der Waals surface area contributed by atoms with Crippen molar-refractivity contribution in [3.63, 3.8) is 0 Å². The van der Waals surface area contributed by atoms with E-state index in [9.17, 15) is 4.79 Å². The molecule has 0 atom stereocenters. The van der Waals surface area contributed by atoms with Gasteiger partial charge >= 0.3 is 5.97 Å². The first kappa shape index (κ1) is 11.3. The van der Waals surface area contributed by atoms with Crippen molar-refractivity contribution in [2.24, 2.45) is 0 Å². The van der Waals surface area contributed by atoms with Crippen molar-refractivity contribution in [2.75, 3.05) is 0 Å². The number of hydrogen-bond donors (Lipinski definition) is 1. The molecule has 0 amide bonds. The van der Waals surface area contributed by atoms with Gasteiger partial charge in [-0.3, -0.25) is 4.79 Å². The molecule has 0 fully saturated rings. The number of carboxylic acid groups (broad SMARTS) is 1. The molecule has 1 N–H and O–H groups in total. The van der Waals surface area contributed by atoms with Gasteiger partial charge in [0.25, 0.3) is 0 Å². The van der Waals surface area contributed by atoms with Gasteiger partial charge in [0.15, 0.2) is 5.82 Å². The molecule has 17 heavy (non-hydrogen) atoms. The standard InChI is InChI=1S/C12H11BN2O2/c13-10-6-14-12(15-7-10)9-3-1-2-8(4-9)5-11(16)17/h1-4,6-7H,5,13H2,(H,16,17). The summed E-state index contributed by atoms with van der Waals surface area (Å²) >= 11 is 0. The SMILES string of the molecule is Bc1cnc(-c2cccc(CC(=O)O)c2)nc1. The highest BCUT2D eigenvalue weighted by atomic mass is 16.4. The number of carboxylic acids is 1. The molecular weight excluding hydrogens is 215 g/mol. The van der Waals surface area contributed by atoms with Crippen LogP contribution in [0.25, 0.3) is 11.4 Å². The van der Waals surface area contributed by atoms with Gasteiger partial charge in [-0.1, -0.05) is 23.7 Å². The van der Waals surface area contributed by atoms with Crippen LogP contribution in [0.4, 0.5) is 0 Å². The number of aromatic nitrogens is 2. The van der Waals surface area contributed by atoms with Crippen LogP contribution < -0.4 is 5.46 Å². The summed E-state index contributed by atoms with van der Waals surface area (Å²) < 4.78 is 0. The van der Waals surface area contributed by atoms with Crippen molar-refractivity contribution < 1.29 is 9.90 Å². The molecule has 84 valence electrons. The van der Waals surface area contributed by atoms with Gasteiger partial charge in [0, 0.05) is 18.0 Å². The second kappa shape index (κ2) is 4.78. The molecule has 2 aromatic rings. The summed E-state index contributed by atoms with van der Waals surface area (Å²) in [5, 5.41) is 8.73. The van der Waals surface area contributed by atoms with E-state index in [0.29, 0.717) is 5.82 Å². The van der Waals surface area contributed by atoms with E-state index in [1.165, 1.54) is 0 Å². The molecule has 1 aromatic carbocycles. The maximum absolute atomic E-state index is 10.6. The minimum atomic E-state index is -0.841. The largest absolute Gasteiger partial charge is 0.481 e. The third kappa shape index (κ3) is 2.90. The van der Waals surface area contributed by atoms with E-state index in [-0.39, 0.29) is 6.42 Å². The second-order valence-electron chi connectivity index (χ2n) is 3.85. The van der Waals surface area contributed by atoms with Crippen molar-refractivity contribution in [1.82, 2.24) is 9.97 Å². The van der Waals surface area contributed by atoms with Gasteiger partial charge in [-0.2, -0.15) is 0 Å². The third-order valence-electron chi connectivity index (χ3n) is 2.32. The summed E-state index contributed by atoms with van der Waals surface area (Å²) in [6, 6.07) is 7.28. The van der Waals surface area contributed by atoms with Gasteiger partial charge in [0.05, 0.1) is 6.42 Å². The number of carbonyl (C=O) groups is 1. The Morgan fingerprint density at radius 2 is 2.00 bits per heavy atom. The molecule has 0 unspecified atom stereocenters. The topological polar surface area (TPSA) is 63.1 Å². The Kier molecular flexibility index (Phi) is 3.18. The Bertz CT molecular complexity index is 540. The van der Waals surface area contributed by atoms with E-state index in [1.54, 1.807) is 24.5 Å². The summed E-state index contributed by atoms with van der Waals surface area (Å²) in [5.41, 5.74) is 2.58. The molecular formula is C12H11BN2O2. The fraction of sp³-hybridized carbons (Fsp3) is 0.0833. The molecule has 0 aliphatic carbocycles. The van der Waals surface area contributed by atoms with Crippen molar-refractivity contribution >= 4 is 19.3 Å². The summed E-state index contributed by atoms with van der Waals surface area (Å²) in [6.07, 6.45) is 3.50. The molecule has 0 spiro atoms. The number of aliphatic carboxylic acids is 1. The van der Waals surface area contributed by atoms with Crippen LogP contribution in [-0.4, -0.2) is 28.9 Å². The molecule has 0 saturated heterocycles. The maximum Gasteiger partial charge on any atom is 0.307 e. The van der Waals surface area contributed by atoms with Crippen LogP contribution in [0, 0.1) is 0 Å². The fourth-order valence-corrected chi connectivity index (χ4v) is 1.54. The average Bonchev–Trinajstić information content (AvgIpc) is 2.29. The van der Waals surface area contributed by atoms with Gasteiger partial charge in [0.2, 0.25) is 0 Å². The number of benzene rings is 1. The Morgan fingerprint density at radius 1 is 1.29 bits per heavy atom. The molecule has 4 nitrogen and oxygen atoms in total. The second-order valence-corrected chi connectivity index (χ2v) is 3.85. The maximum atomic E-state index is 10.6. The van der Waals surface area contributed by atoms with Crippen molar-refractivity contribution in [1.29, 1.82) is 0 Å². The zero-order valence-corrected chi connectivity index (χ0v) is 9.42. The van der Waals surface area contributed by atoms with Gasteiger partial charge in [-0.15, -0.1) is 0 Å². The molecule has 2 rings (SSSR count). The molecule has 0 saturated carbocycles. The summed E-state index contributed by atoms with van der Waals surface area (Å²) in [7, 11) is 1.92. The van der Waals surface area contributed by atoms with Crippen molar-refractivity contribution in [3.05, 3.63) is 42.2 Å². The Morgan fingerprint density at radius 3 is 2.65 bits per heavy atom. The lowest BCUT2D eigenvalue weighted by Crippen LogP contribution is -2.05. The minimum absolute atomic E-state index is 0.0136. The lowest BCUT2D eigenvalue weighted by atomic mass is 10.0. The van der Waals surface area contributed by atoms with Gasteiger partial charge in [0.1, 0.15) is 7.85 Å². The molecule has 1 aromatic heterocycles. The zero-order chi connectivity index (χ0) is 12.3. The van der Waals surface area contributed by atoms with Crippen LogP contribution >= 0.6 is 0 Å². The lowest BCUT2D eigenvalue weighted by molar-refractivity contribution is -0.136. The molecule has 5 heteroatoms. The summed E-state index contributed by atoms with van der Waals surface area (Å²) in [6.45, 7) is 0. The highest BCUT2D eigenvalue weighted by Crippen LogP contribution is 2.15. The first-order valence-electron chi connectivity index (χ1n) is 5.25. The average molecular weight is 226 g/mol. The Balaban J connectivity index is 2.32. The quantitative estimate of drug-likeness (QED) is 0.750. The zero-order valence-electron chi connectivity index (χ0n) is 9.42. The van der Waals surface area contributed by atoms with E-state index in [4.69, 9.17) is 5.11 Å². The summed E-state index contributed by atoms with van der Waals surface area (Å²) in [5.74, 6) is -0.227. The van der Waals surface area contributed by atoms with Crippen molar-refractivity contribution in [3.8, 4) is 11.4 Å². The Labute approximate surface area is 99.8 Å². The predicted molar refractivity (Wildman–Crippen MR) is 67.0 cm³/mol. The molecule has 0 aliphatic rings. The molecule has 0 radical (unpaired) electrons. The van der Waals surface area contributed by atoms with E-state index in [2.05, 4.69) is 9.97 Å². The molecule has 0 bridgehead atoms. The highest BCUT2D eigenvalue weighted by molar-refractivity contribution is 6.31. The number of hydrogen-bond acceptors (Lipinski definition) is 3. The Hall–Kier alpha value is -2.17. The van der Waals surface area contributed by atoms with Crippen LogP contribution in [0.3, 0.4) is 0 Å². The van der Waals surface area contributed by atoms with Gasteiger partial charge in [-0.25, -0.2) is 9.97 Å². The number of rotatable bonds is 3. The molecule has 1 heterocycles. The van der Waals surface area contributed by atoms with E-state index < -0.39 is 5.97 Å². The number of nitrogens with zero attached hydrogens (tertiary/aromatic N) is 2. The van der Waals surface area contributed by atoms with Crippen molar-refractivity contribution in [2.45, 2.75) is 6.42 Å². The predicted octanol–water partition coefficient (Wildman–Crippen LogP) is 0.0291. The van der Waals surface area contributed by atoms with E-state index >= 15 is 0 Å². The monoisotopic (exact) mass is 226 g/mol. The van der Waals surface area contributed by atoms with Crippen LogP contribution in [-0.2, 0) is 11.2 Å². The van der Waals surface area contributed by atoms with Crippen LogP contribution in [0.5, 0.6) is 0 Å². The first-order chi connectivity index (χ1) is 8.15.